The quantitative estimate of drug-likeness (QED) is 0.910. The number of nitrogens with zero attached hydrogens (tertiary/aromatic N) is 1. The van der Waals surface area contributed by atoms with Crippen molar-refractivity contribution in [2.24, 2.45) is 11.7 Å². The van der Waals surface area contributed by atoms with Crippen molar-refractivity contribution in [3.05, 3.63) is 35.4 Å². The Morgan fingerprint density at radius 2 is 2.15 bits per heavy atom. The van der Waals surface area contributed by atoms with Crippen molar-refractivity contribution in [3.8, 4) is 0 Å². The van der Waals surface area contributed by atoms with Crippen LogP contribution in [0.2, 0.25) is 0 Å². The number of nitrogens with two attached hydrogens (primary N) is 1. The highest BCUT2D eigenvalue weighted by Crippen LogP contribution is 2.17. The van der Waals surface area contributed by atoms with Crippen molar-refractivity contribution >= 4 is 18.3 Å². The van der Waals surface area contributed by atoms with E-state index in [0.717, 1.165) is 12.5 Å². The van der Waals surface area contributed by atoms with E-state index in [9.17, 15) is 13.6 Å². The predicted octanol–water partition coefficient (Wildman–Crippen LogP) is 2.12. The monoisotopic (exact) mass is 304 g/mol. The molecule has 1 fully saturated rings. The van der Waals surface area contributed by atoms with Crippen LogP contribution in [0, 0.1) is 17.6 Å². The van der Waals surface area contributed by atoms with Crippen molar-refractivity contribution in [2.75, 3.05) is 13.1 Å². The summed E-state index contributed by atoms with van der Waals surface area (Å²) in [5.41, 5.74) is 6.12. The summed E-state index contributed by atoms with van der Waals surface area (Å²) in [6.07, 6.45) is 0.729. The van der Waals surface area contributed by atoms with Gasteiger partial charge in [-0.25, -0.2) is 8.78 Å². The molecule has 0 aliphatic carbocycles. The van der Waals surface area contributed by atoms with Gasteiger partial charge in [0.1, 0.15) is 11.6 Å². The Balaban J connectivity index is 0.00000200. The van der Waals surface area contributed by atoms with Gasteiger partial charge in [-0.05, 0) is 24.0 Å². The highest BCUT2D eigenvalue weighted by Gasteiger charge is 2.26. The first-order chi connectivity index (χ1) is 8.97. The van der Waals surface area contributed by atoms with E-state index in [0.29, 0.717) is 13.1 Å². The Morgan fingerprint density at radius 1 is 1.45 bits per heavy atom. The van der Waals surface area contributed by atoms with Crippen LogP contribution in [0.5, 0.6) is 0 Å². The van der Waals surface area contributed by atoms with E-state index in [-0.39, 0.29) is 42.3 Å². The zero-order valence-corrected chi connectivity index (χ0v) is 12.1. The molecule has 20 heavy (non-hydrogen) atoms. The summed E-state index contributed by atoms with van der Waals surface area (Å²) in [7, 11) is 0. The first kappa shape index (κ1) is 16.9. The second-order valence-corrected chi connectivity index (χ2v) is 5.18. The number of rotatable bonds is 2. The van der Waals surface area contributed by atoms with Gasteiger partial charge in [0, 0.05) is 25.2 Å². The van der Waals surface area contributed by atoms with Gasteiger partial charge in [0.25, 0.3) is 0 Å². The molecule has 0 spiro atoms. The number of hydrogen-bond donors (Lipinski definition) is 1. The lowest BCUT2D eigenvalue weighted by molar-refractivity contribution is -0.132. The molecule has 1 amide bonds. The third kappa shape index (κ3) is 3.90. The van der Waals surface area contributed by atoms with Crippen molar-refractivity contribution in [2.45, 2.75) is 25.8 Å². The van der Waals surface area contributed by atoms with Crippen LogP contribution in [-0.2, 0) is 11.2 Å². The molecule has 1 aliphatic heterocycles. The highest BCUT2D eigenvalue weighted by molar-refractivity contribution is 5.85. The molecule has 2 atom stereocenters. The molecular formula is C14H19ClF2N2O. The lowest BCUT2D eigenvalue weighted by Crippen LogP contribution is -2.48. The van der Waals surface area contributed by atoms with Crippen LogP contribution in [0.15, 0.2) is 18.2 Å². The number of carbonyl (C=O) groups is 1. The average Bonchev–Trinajstić information content (AvgIpc) is 2.36. The number of piperidine rings is 1. The standard InChI is InChI=1S/C14H18F2N2O.ClH/c1-9-8-18(5-4-13(9)17)14(19)6-10-2-3-11(15)7-12(10)16;/h2-3,7,9,13H,4-6,8,17H2,1H3;1H. The van der Waals surface area contributed by atoms with E-state index in [4.69, 9.17) is 5.73 Å². The van der Waals surface area contributed by atoms with Crippen LogP contribution >= 0.6 is 12.4 Å². The second kappa shape index (κ2) is 6.99. The fourth-order valence-electron chi connectivity index (χ4n) is 2.33. The van der Waals surface area contributed by atoms with Crippen LogP contribution in [0.4, 0.5) is 8.78 Å². The molecule has 0 bridgehead atoms. The average molecular weight is 305 g/mol. The zero-order valence-electron chi connectivity index (χ0n) is 11.3. The topological polar surface area (TPSA) is 46.3 Å². The molecule has 112 valence electrons. The maximum atomic E-state index is 13.5. The lowest BCUT2D eigenvalue weighted by atomic mass is 9.94. The molecule has 1 aromatic rings. The Morgan fingerprint density at radius 3 is 2.75 bits per heavy atom. The molecule has 0 aromatic heterocycles. The van der Waals surface area contributed by atoms with Crippen LogP contribution in [0.25, 0.3) is 0 Å². The molecule has 1 aromatic carbocycles. The molecule has 1 aliphatic rings. The van der Waals surface area contributed by atoms with E-state index in [2.05, 4.69) is 0 Å². The van der Waals surface area contributed by atoms with Gasteiger partial charge in [0.15, 0.2) is 0 Å². The first-order valence-corrected chi connectivity index (χ1v) is 6.44. The molecule has 6 heteroatoms. The van der Waals surface area contributed by atoms with Crippen molar-refractivity contribution in [3.63, 3.8) is 0 Å². The van der Waals surface area contributed by atoms with Gasteiger partial charge in [-0.1, -0.05) is 13.0 Å². The number of benzene rings is 1. The van der Waals surface area contributed by atoms with Gasteiger partial charge in [-0.15, -0.1) is 12.4 Å². The number of halogens is 3. The molecule has 0 saturated carbocycles. The Bertz CT molecular complexity index is 484. The third-order valence-corrected chi connectivity index (χ3v) is 3.68. The van der Waals surface area contributed by atoms with Crippen LogP contribution in [0.3, 0.4) is 0 Å². The minimum atomic E-state index is -0.671. The smallest absolute Gasteiger partial charge is 0.227 e. The van der Waals surface area contributed by atoms with E-state index in [1.165, 1.54) is 12.1 Å². The maximum Gasteiger partial charge on any atom is 0.227 e. The van der Waals surface area contributed by atoms with Gasteiger partial charge < -0.3 is 10.6 Å². The Labute approximate surface area is 123 Å². The maximum absolute atomic E-state index is 13.5. The fraction of sp³-hybridized carbons (Fsp3) is 0.500. The summed E-state index contributed by atoms with van der Waals surface area (Å²) in [5, 5.41) is 0. The normalized spacial score (nSPS) is 22.3. The van der Waals surface area contributed by atoms with E-state index in [1.54, 1.807) is 4.90 Å². The van der Waals surface area contributed by atoms with Crippen molar-refractivity contribution < 1.29 is 13.6 Å². The minimum Gasteiger partial charge on any atom is -0.342 e. The van der Waals surface area contributed by atoms with Gasteiger partial charge in [0.05, 0.1) is 6.42 Å². The first-order valence-electron chi connectivity index (χ1n) is 6.44. The molecule has 2 unspecified atom stereocenters. The molecule has 3 nitrogen and oxygen atoms in total. The van der Waals surface area contributed by atoms with Crippen LogP contribution in [-0.4, -0.2) is 29.9 Å². The molecular weight excluding hydrogens is 286 g/mol. The van der Waals surface area contributed by atoms with Crippen LogP contribution in [0.1, 0.15) is 18.9 Å². The zero-order chi connectivity index (χ0) is 14.0. The summed E-state index contributed by atoms with van der Waals surface area (Å²) in [4.78, 5) is 13.8. The molecule has 2 N–H and O–H groups in total. The molecule has 1 heterocycles. The Hall–Kier alpha value is -1.20. The lowest BCUT2D eigenvalue weighted by Gasteiger charge is -2.35. The summed E-state index contributed by atoms with van der Waals surface area (Å²) >= 11 is 0. The SMILES string of the molecule is CC1CN(C(=O)Cc2ccc(F)cc2F)CCC1N.Cl. The van der Waals surface area contributed by atoms with E-state index >= 15 is 0 Å². The highest BCUT2D eigenvalue weighted by atomic mass is 35.5. The molecule has 0 radical (unpaired) electrons. The van der Waals surface area contributed by atoms with Gasteiger partial charge in [-0.3, -0.25) is 4.79 Å². The minimum absolute atomic E-state index is 0. The van der Waals surface area contributed by atoms with Gasteiger partial charge in [0.2, 0.25) is 5.91 Å². The molecule has 1 saturated heterocycles. The predicted molar refractivity (Wildman–Crippen MR) is 75.6 cm³/mol. The van der Waals surface area contributed by atoms with Crippen molar-refractivity contribution in [1.29, 1.82) is 0 Å². The number of likely N-dealkylation sites (tertiary alicyclic amines) is 1. The largest absolute Gasteiger partial charge is 0.342 e. The van der Waals surface area contributed by atoms with Crippen LogP contribution < -0.4 is 5.73 Å². The van der Waals surface area contributed by atoms with E-state index in [1.807, 2.05) is 6.92 Å². The number of carbonyl (C=O) groups excluding carboxylic acids is 1. The van der Waals surface area contributed by atoms with Gasteiger partial charge >= 0.3 is 0 Å². The van der Waals surface area contributed by atoms with Gasteiger partial charge in [-0.2, -0.15) is 0 Å². The summed E-state index contributed by atoms with van der Waals surface area (Å²) in [6.45, 7) is 3.21. The number of hydrogen-bond acceptors (Lipinski definition) is 2. The van der Waals surface area contributed by atoms with E-state index < -0.39 is 11.6 Å². The fourth-order valence-corrected chi connectivity index (χ4v) is 2.33. The Kier molecular flexibility index (Phi) is 5.89. The van der Waals surface area contributed by atoms with Crippen molar-refractivity contribution in [1.82, 2.24) is 4.90 Å². The number of amides is 1. The third-order valence-electron chi connectivity index (χ3n) is 3.68. The summed E-state index contributed by atoms with van der Waals surface area (Å²) < 4.78 is 26.3. The summed E-state index contributed by atoms with van der Waals surface area (Å²) in [5.74, 6) is -1.19. The second-order valence-electron chi connectivity index (χ2n) is 5.18. The summed E-state index contributed by atoms with van der Waals surface area (Å²) in [6, 6.07) is 3.41. The molecule has 2 rings (SSSR count).